The van der Waals surface area contributed by atoms with Crippen molar-refractivity contribution in [3.63, 3.8) is 0 Å². The molecule has 132 valence electrons. The van der Waals surface area contributed by atoms with Crippen molar-refractivity contribution in [3.8, 4) is 5.75 Å². The monoisotopic (exact) mass is 340 g/mol. The molecule has 0 aliphatic carbocycles. The lowest BCUT2D eigenvalue weighted by atomic mass is 10.1. The third kappa shape index (κ3) is 5.64. The third-order valence-electron chi connectivity index (χ3n) is 3.86. The van der Waals surface area contributed by atoms with Crippen molar-refractivity contribution in [2.24, 2.45) is 0 Å². The van der Waals surface area contributed by atoms with Crippen molar-refractivity contribution in [1.29, 1.82) is 0 Å². The van der Waals surface area contributed by atoms with Gasteiger partial charge in [-0.2, -0.15) is 0 Å². The summed E-state index contributed by atoms with van der Waals surface area (Å²) < 4.78 is 5.46. The molecule has 1 N–H and O–H groups in total. The zero-order valence-electron chi connectivity index (χ0n) is 14.9. The Morgan fingerprint density at radius 2 is 1.76 bits per heavy atom. The number of para-hydroxylation sites is 1. The Bertz CT molecular complexity index is 726. The minimum absolute atomic E-state index is 0.0197. The number of benzene rings is 2. The first kappa shape index (κ1) is 18.5. The Balaban J connectivity index is 1.83. The largest absolute Gasteiger partial charge is 0.484 e. The average Bonchev–Trinajstić information content (AvgIpc) is 2.61. The van der Waals surface area contributed by atoms with Gasteiger partial charge in [0.15, 0.2) is 6.61 Å². The van der Waals surface area contributed by atoms with Gasteiger partial charge in [-0.3, -0.25) is 9.59 Å². The van der Waals surface area contributed by atoms with Crippen LogP contribution < -0.4 is 10.1 Å². The smallest absolute Gasteiger partial charge is 0.260 e. The number of anilines is 1. The van der Waals surface area contributed by atoms with Gasteiger partial charge in [-0.1, -0.05) is 42.8 Å². The summed E-state index contributed by atoms with van der Waals surface area (Å²) in [5.74, 6) is 0.153. The van der Waals surface area contributed by atoms with Crippen LogP contribution in [-0.4, -0.2) is 36.9 Å². The topological polar surface area (TPSA) is 58.6 Å². The van der Waals surface area contributed by atoms with E-state index in [0.717, 1.165) is 23.2 Å². The number of rotatable bonds is 7. The SMILES string of the molecule is CCc1ccccc1NC(=O)CN(C)C(=O)COc1ccc(C)cc1. The maximum Gasteiger partial charge on any atom is 0.260 e. The van der Waals surface area contributed by atoms with Crippen LogP contribution in [0.5, 0.6) is 5.75 Å². The molecule has 25 heavy (non-hydrogen) atoms. The van der Waals surface area contributed by atoms with Gasteiger partial charge in [0.2, 0.25) is 5.91 Å². The molecular weight excluding hydrogens is 316 g/mol. The molecule has 0 saturated heterocycles. The van der Waals surface area contributed by atoms with E-state index in [9.17, 15) is 9.59 Å². The van der Waals surface area contributed by atoms with Gasteiger partial charge in [0.1, 0.15) is 5.75 Å². The van der Waals surface area contributed by atoms with Crippen LogP contribution in [0.2, 0.25) is 0 Å². The first-order chi connectivity index (χ1) is 12.0. The molecule has 0 heterocycles. The molecule has 0 aromatic heterocycles. The lowest BCUT2D eigenvalue weighted by Crippen LogP contribution is -2.37. The van der Waals surface area contributed by atoms with Crippen molar-refractivity contribution in [3.05, 3.63) is 59.7 Å². The van der Waals surface area contributed by atoms with Gasteiger partial charge in [0.05, 0.1) is 6.54 Å². The summed E-state index contributed by atoms with van der Waals surface area (Å²) in [5, 5.41) is 2.85. The number of hydrogen-bond acceptors (Lipinski definition) is 3. The molecule has 0 aliphatic heterocycles. The molecule has 0 bridgehead atoms. The van der Waals surface area contributed by atoms with Crippen molar-refractivity contribution >= 4 is 17.5 Å². The van der Waals surface area contributed by atoms with Crippen LogP contribution in [0.3, 0.4) is 0 Å². The predicted molar refractivity (Wildman–Crippen MR) is 98.8 cm³/mol. The van der Waals surface area contributed by atoms with E-state index in [1.54, 1.807) is 7.05 Å². The molecule has 5 heteroatoms. The predicted octanol–water partition coefficient (Wildman–Crippen LogP) is 3.03. The molecule has 2 aromatic rings. The normalized spacial score (nSPS) is 10.2. The second-order valence-electron chi connectivity index (χ2n) is 5.91. The number of amides is 2. The molecule has 2 aromatic carbocycles. The van der Waals surface area contributed by atoms with Crippen LogP contribution in [0.4, 0.5) is 5.69 Å². The van der Waals surface area contributed by atoms with Gasteiger partial charge in [-0.15, -0.1) is 0 Å². The van der Waals surface area contributed by atoms with E-state index in [2.05, 4.69) is 5.32 Å². The first-order valence-corrected chi connectivity index (χ1v) is 8.30. The average molecular weight is 340 g/mol. The number of aryl methyl sites for hydroxylation is 2. The number of carbonyl (C=O) groups is 2. The number of likely N-dealkylation sites (N-methyl/N-ethyl adjacent to an activating group) is 1. The van der Waals surface area contributed by atoms with Crippen LogP contribution in [0.1, 0.15) is 18.1 Å². The van der Waals surface area contributed by atoms with Crippen molar-refractivity contribution in [1.82, 2.24) is 4.90 Å². The number of hydrogen-bond donors (Lipinski definition) is 1. The molecule has 0 unspecified atom stereocenters. The maximum absolute atomic E-state index is 12.2. The Kier molecular flexibility index (Phi) is 6.57. The minimum atomic E-state index is -0.250. The van der Waals surface area contributed by atoms with E-state index in [-0.39, 0.29) is 25.0 Å². The molecule has 0 spiro atoms. The molecule has 0 aliphatic rings. The van der Waals surface area contributed by atoms with Gasteiger partial charge < -0.3 is 15.0 Å². The van der Waals surface area contributed by atoms with E-state index in [0.29, 0.717) is 5.75 Å². The van der Waals surface area contributed by atoms with E-state index in [1.165, 1.54) is 4.90 Å². The fourth-order valence-corrected chi connectivity index (χ4v) is 2.33. The Morgan fingerprint density at radius 3 is 2.44 bits per heavy atom. The van der Waals surface area contributed by atoms with E-state index in [1.807, 2.05) is 62.4 Å². The minimum Gasteiger partial charge on any atom is -0.484 e. The number of nitrogens with one attached hydrogen (secondary N) is 1. The van der Waals surface area contributed by atoms with E-state index in [4.69, 9.17) is 4.74 Å². The van der Waals surface area contributed by atoms with Crippen molar-refractivity contribution < 1.29 is 14.3 Å². The highest BCUT2D eigenvalue weighted by Gasteiger charge is 2.14. The highest BCUT2D eigenvalue weighted by Crippen LogP contribution is 2.15. The van der Waals surface area contributed by atoms with Crippen LogP contribution in [0, 0.1) is 6.92 Å². The molecular formula is C20H24N2O3. The highest BCUT2D eigenvalue weighted by atomic mass is 16.5. The van der Waals surface area contributed by atoms with E-state index >= 15 is 0 Å². The van der Waals surface area contributed by atoms with Gasteiger partial charge in [-0.05, 0) is 37.1 Å². The van der Waals surface area contributed by atoms with Crippen LogP contribution in [-0.2, 0) is 16.0 Å². The Morgan fingerprint density at radius 1 is 1.08 bits per heavy atom. The Hall–Kier alpha value is -2.82. The van der Waals surface area contributed by atoms with Gasteiger partial charge in [-0.25, -0.2) is 0 Å². The van der Waals surface area contributed by atoms with Crippen LogP contribution in [0.25, 0.3) is 0 Å². The number of ether oxygens (including phenoxy) is 1. The molecule has 2 rings (SSSR count). The fourth-order valence-electron chi connectivity index (χ4n) is 2.33. The first-order valence-electron chi connectivity index (χ1n) is 8.30. The standard InChI is InChI=1S/C20H24N2O3/c1-4-16-7-5-6-8-18(16)21-19(23)13-22(3)20(24)14-25-17-11-9-15(2)10-12-17/h5-12H,4,13-14H2,1-3H3,(H,21,23). The Labute approximate surface area is 148 Å². The summed E-state index contributed by atoms with van der Waals surface area (Å²) in [7, 11) is 1.59. The van der Waals surface area contributed by atoms with E-state index < -0.39 is 0 Å². The molecule has 2 amide bonds. The summed E-state index contributed by atoms with van der Waals surface area (Å²) in [6.45, 7) is 3.90. The fraction of sp³-hybridized carbons (Fsp3) is 0.300. The second kappa shape index (κ2) is 8.87. The zero-order valence-corrected chi connectivity index (χ0v) is 14.9. The number of carbonyl (C=O) groups excluding carboxylic acids is 2. The lowest BCUT2D eigenvalue weighted by Gasteiger charge is -2.18. The molecule has 0 radical (unpaired) electrons. The second-order valence-corrected chi connectivity index (χ2v) is 5.91. The lowest BCUT2D eigenvalue weighted by molar-refractivity contribution is -0.135. The third-order valence-corrected chi connectivity index (χ3v) is 3.86. The van der Waals surface area contributed by atoms with Gasteiger partial charge >= 0.3 is 0 Å². The zero-order chi connectivity index (χ0) is 18.2. The van der Waals surface area contributed by atoms with Gasteiger partial charge in [0, 0.05) is 12.7 Å². The molecule has 5 nitrogen and oxygen atoms in total. The molecule has 0 fully saturated rings. The van der Waals surface area contributed by atoms with Crippen LogP contribution in [0.15, 0.2) is 48.5 Å². The maximum atomic E-state index is 12.2. The quantitative estimate of drug-likeness (QED) is 0.843. The van der Waals surface area contributed by atoms with Crippen LogP contribution >= 0.6 is 0 Å². The van der Waals surface area contributed by atoms with Crippen molar-refractivity contribution in [2.75, 3.05) is 25.5 Å². The molecule has 0 saturated carbocycles. The summed E-state index contributed by atoms with van der Waals surface area (Å²) in [5.41, 5.74) is 2.97. The van der Waals surface area contributed by atoms with Gasteiger partial charge in [0.25, 0.3) is 5.91 Å². The summed E-state index contributed by atoms with van der Waals surface area (Å²) in [6, 6.07) is 15.1. The summed E-state index contributed by atoms with van der Waals surface area (Å²) >= 11 is 0. The molecule has 0 atom stereocenters. The summed E-state index contributed by atoms with van der Waals surface area (Å²) in [4.78, 5) is 25.6. The highest BCUT2D eigenvalue weighted by molar-refractivity contribution is 5.95. The van der Waals surface area contributed by atoms with Crippen molar-refractivity contribution in [2.45, 2.75) is 20.3 Å². The number of nitrogens with zero attached hydrogens (tertiary/aromatic N) is 1. The summed E-state index contributed by atoms with van der Waals surface area (Å²) in [6.07, 6.45) is 0.829.